The lowest BCUT2D eigenvalue weighted by molar-refractivity contribution is -0.117. The molecule has 2 aliphatic rings. The van der Waals surface area contributed by atoms with Crippen LogP contribution in [-0.4, -0.2) is 27.4 Å². The highest BCUT2D eigenvalue weighted by atomic mass is 32.2. The molecule has 3 aromatic carbocycles. The zero-order valence-electron chi connectivity index (χ0n) is 17.6. The third-order valence-electron chi connectivity index (χ3n) is 6.17. The van der Waals surface area contributed by atoms with Crippen LogP contribution in [0.2, 0.25) is 0 Å². The third-order valence-corrected chi connectivity index (χ3v) is 7.99. The first-order valence-corrected chi connectivity index (χ1v) is 12.0. The highest BCUT2D eigenvalue weighted by Crippen LogP contribution is 2.44. The number of hydrogen-bond acceptors (Lipinski definition) is 3. The summed E-state index contributed by atoms with van der Waals surface area (Å²) in [5.74, 6) is 0.0963. The molecule has 0 bridgehead atoms. The van der Waals surface area contributed by atoms with E-state index in [2.05, 4.69) is 19.9 Å². The lowest BCUT2D eigenvalue weighted by Gasteiger charge is -2.33. The number of sulfonamides is 1. The van der Waals surface area contributed by atoms with E-state index in [1.807, 2.05) is 48.5 Å². The second kappa shape index (κ2) is 7.24. The van der Waals surface area contributed by atoms with Crippen LogP contribution in [0.15, 0.2) is 71.6 Å². The number of para-hydroxylation sites is 1. The Morgan fingerprint density at radius 2 is 1.68 bits per heavy atom. The van der Waals surface area contributed by atoms with Crippen molar-refractivity contribution in [3.63, 3.8) is 0 Å². The van der Waals surface area contributed by atoms with Crippen LogP contribution in [0, 0.1) is 0 Å². The zero-order chi connectivity index (χ0) is 21.8. The molecule has 0 atom stereocenters. The molecule has 0 saturated carbocycles. The molecule has 0 spiro atoms. The number of rotatable bonds is 3. The summed E-state index contributed by atoms with van der Waals surface area (Å²) in [6.45, 7) is 4.57. The molecule has 0 N–H and O–H groups in total. The second-order valence-corrected chi connectivity index (χ2v) is 10.2. The lowest BCUT2D eigenvalue weighted by Crippen LogP contribution is -2.44. The Kier molecular flexibility index (Phi) is 4.63. The molecule has 0 aromatic heterocycles. The molecular weight excluding hydrogens is 408 g/mol. The number of anilines is 2. The van der Waals surface area contributed by atoms with Crippen LogP contribution < -0.4 is 9.21 Å². The summed E-state index contributed by atoms with van der Waals surface area (Å²) in [7, 11) is -3.85. The Hall–Kier alpha value is -3.12. The molecule has 0 unspecified atom stereocenters. The molecule has 0 saturated heterocycles. The van der Waals surface area contributed by atoms with Crippen LogP contribution in [0.4, 0.5) is 11.4 Å². The third kappa shape index (κ3) is 3.13. The minimum absolute atomic E-state index is 0.216. The highest BCUT2D eigenvalue weighted by molar-refractivity contribution is 7.93. The fraction of sp³-hybridized carbons (Fsp3) is 0.240. The predicted molar refractivity (Wildman–Crippen MR) is 123 cm³/mol. The van der Waals surface area contributed by atoms with Crippen molar-refractivity contribution in [2.75, 3.05) is 22.3 Å². The molecule has 0 fully saturated rings. The number of hydrogen-bond donors (Lipinski definition) is 0. The van der Waals surface area contributed by atoms with Gasteiger partial charge in [0, 0.05) is 23.4 Å². The van der Waals surface area contributed by atoms with E-state index in [1.165, 1.54) is 4.31 Å². The first-order valence-electron chi connectivity index (χ1n) is 10.5. The molecule has 3 aromatic rings. The number of carbonyl (C=O) groups excluding carboxylic acids is 1. The van der Waals surface area contributed by atoms with E-state index in [1.54, 1.807) is 17.0 Å². The van der Waals surface area contributed by atoms with Gasteiger partial charge in [-0.05, 0) is 47.7 Å². The molecular formula is C25H24N2O3S. The lowest BCUT2D eigenvalue weighted by atomic mass is 9.95. The van der Waals surface area contributed by atoms with Gasteiger partial charge in [0.05, 0.1) is 10.6 Å². The summed E-state index contributed by atoms with van der Waals surface area (Å²) in [5, 5.41) is 0. The first-order chi connectivity index (χ1) is 14.9. The van der Waals surface area contributed by atoms with Crippen LogP contribution in [0.3, 0.4) is 0 Å². The number of carbonyl (C=O) groups is 1. The molecule has 1 amide bonds. The standard InChI is InChI=1S/C25H24N2O3S/c1-17(2)19-11-12-23-21(15-19)20-8-4-6-10-24(20)31(29,30)27(23)16-25(28)26-14-13-18-7-3-5-9-22(18)26/h3-12,15,17H,13-14,16H2,1-2H3. The largest absolute Gasteiger partial charge is 0.310 e. The zero-order valence-corrected chi connectivity index (χ0v) is 18.4. The Labute approximate surface area is 183 Å². The van der Waals surface area contributed by atoms with E-state index >= 15 is 0 Å². The van der Waals surface area contributed by atoms with Gasteiger partial charge in [-0.3, -0.25) is 9.10 Å². The van der Waals surface area contributed by atoms with Gasteiger partial charge in [-0.2, -0.15) is 0 Å². The molecule has 0 radical (unpaired) electrons. The quantitative estimate of drug-likeness (QED) is 0.609. The number of benzene rings is 3. The van der Waals surface area contributed by atoms with Gasteiger partial charge < -0.3 is 4.90 Å². The van der Waals surface area contributed by atoms with Crippen molar-refractivity contribution < 1.29 is 13.2 Å². The Morgan fingerprint density at radius 3 is 2.48 bits per heavy atom. The first kappa shape index (κ1) is 19.8. The van der Waals surface area contributed by atoms with E-state index in [0.717, 1.165) is 28.8 Å². The summed E-state index contributed by atoms with van der Waals surface area (Å²) >= 11 is 0. The van der Waals surface area contributed by atoms with Crippen LogP contribution >= 0.6 is 0 Å². The van der Waals surface area contributed by atoms with Gasteiger partial charge in [0.2, 0.25) is 5.91 Å². The van der Waals surface area contributed by atoms with E-state index in [0.29, 0.717) is 23.7 Å². The van der Waals surface area contributed by atoms with Gasteiger partial charge in [-0.1, -0.05) is 56.3 Å². The molecule has 158 valence electrons. The highest BCUT2D eigenvalue weighted by Gasteiger charge is 2.37. The monoisotopic (exact) mass is 432 g/mol. The van der Waals surface area contributed by atoms with Crippen molar-refractivity contribution in [2.24, 2.45) is 0 Å². The maximum absolute atomic E-state index is 13.5. The SMILES string of the molecule is CC(C)c1ccc2c(c1)-c1ccccc1S(=O)(=O)N2CC(=O)N1CCc2ccccc21. The van der Waals surface area contributed by atoms with Crippen molar-refractivity contribution >= 4 is 27.3 Å². The molecule has 2 aliphatic heterocycles. The van der Waals surface area contributed by atoms with Crippen molar-refractivity contribution in [2.45, 2.75) is 31.1 Å². The van der Waals surface area contributed by atoms with Gasteiger partial charge in [-0.15, -0.1) is 0 Å². The van der Waals surface area contributed by atoms with Gasteiger partial charge >= 0.3 is 0 Å². The fourth-order valence-electron chi connectivity index (χ4n) is 4.48. The molecule has 5 rings (SSSR count). The minimum atomic E-state index is -3.85. The summed E-state index contributed by atoms with van der Waals surface area (Å²) in [6, 6.07) is 20.7. The van der Waals surface area contributed by atoms with E-state index in [-0.39, 0.29) is 17.3 Å². The normalized spacial score (nSPS) is 16.1. The number of amides is 1. The average molecular weight is 433 g/mol. The van der Waals surface area contributed by atoms with Crippen LogP contribution in [0.5, 0.6) is 0 Å². The van der Waals surface area contributed by atoms with Crippen LogP contribution in [0.1, 0.15) is 30.9 Å². The Morgan fingerprint density at radius 1 is 0.935 bits per heavy atom. The number of fused-ring (bicyclic) bond motifs is 4. The smallest absolute Gasteiger partial charge is 0.265 e. The van der Waals surface area contributed by atoms with E-state index in [9.17, 15) is 13.2 Å². The summed E-state index contributed by atoms with van der Waals surface area (Å²) < 4.78 is 28.3. The summed E-state index contributed by atoms with van der Waals surface area (Å²) in [5.41, 5.74) is 5.22. The van der Waals surface area contributed by atoms with Crippen molar-refractivity contribution in [3.8, 4) is 11.1 Å². The van der Waals surface area contributed by atoms with Crippen molar-refractivity contribution in [1.29, 1.82) is 0 Å². The van der Waals surface area contributed by atoms with Gasteiger partial charge in [-0.25, -0.2) is 8.42 Å². The maximum Gasteiger partial charge on any atom is 0.265 e. The summed E-state index contributed by atoms with van der Waals surface area (Å²) in [4.78, 5) is 15.2. The number of nitrogens with zero attached hydrogens (tertiary/aromatic N) is 2. The Balaban J connectivity index is 1.59. The predicted octanol–water partition coefficient (Wildman–Crippen LogP) is 4.58. The van der Waals surface area contributed by atoms with Crippen molar-refractivity contribution in [1.82, 2.24) is 0 Å². The molecule has 31 heavy (non-hydrogen) atoms. The van der Waals surface area contributed by atoms with Crippen LogP contribution in [-0.2, 0) is 21.2 Å². The molecule has 5 nitrogen and oxygen atoms in total. The van der Waals surface area contributed by atoms with Crippen LogP contribution in [0.25, 0.3) is 11.1 Å². The van der Waals surface area contributed by atoms with Crippen molar-refractivity contribution in [3.05, 3.63) is 77.9 Å². The Bertz CT molecular complexity index is 1300. The van der Waals surface area contributed by atoms with Gasteiger partial charge in [0.15, 0.2) is 0 Å². The van der Waals surface area contributed by atoms with E-state index in [4.69, 9.17) is 0 Å². The topological polar surface area (TPSA) is 57.7 Å². The maximum atomic E-state index is 13.5. The van der Waals surface area contributed by atoms with Gasteiger partial charge in [0.1, 0.15) is 6.54 Å². The average Bonchev–Trinajstić information content (AvgIpc) is 3.20. The molecule has 0 aliphatic carbocycles. The minimum Gasteiger partial charge on any atom is -0.310 e. The van der Waals surface area contributed by atoms with Gasteiger partial charge in [0.25, 0.3) is 10.0 Å². The molecule has 6 heteroatoms. The second-order valence-electron chi connectivity index (χ2n) is 8.36. The molecule has 2 heterocycles. The fourth-order valence-corrected chi connectivity index (χ4v) is 6.13. The summed E-state index contributed by atoms with van der Waals surface area (Å²) in [6.07, 6.45) is 0.784. The van der Waals surface area contributed by atoms with E-state index < -0.39 is 10.0 Å².